The van der Waals surface area contributed by atoms with Crippen molar-refractivity contribution in [2.24, 2.45) is 5.92 Å². The Morgan fingerprint density at radius 2 is 2.43 bits per heavy atom. The van der Waals surface area contributed by atoms with Crippen LogP contribution in [0.5, 0.6) is 0 Å². The monoisotopic (exact) mass is 194 g/mol. The molecule has 2 rings (SSSR count). The molecule has 1 heterocycles. The Kier molecular flexibility index (Phi) is 2.19. The summed E-state index contributed by atoms with van der Waals surface area (Å²) in [6.07, 6.45) is 3.44. The van der Waals surface area contributed by atoms with Crippen LogP contribution in [0.2, 0.25) is 0 Å². The number of hydrogen-bond acceptors (Lipinski definition) is 2. The normalized spacial score (nSPS) is 24.4. The van der Waals surface area contributed by atoms with Crippen LogP contribution in [-0.2, 0) is 0 Å². The SMILES string of the molecule is CC1CC1NC(=O)c1ccncc1F. The van der Waals surface area contributed by atoms with Gasteiger partial charge in [-0.3, -0.25) is 9.78 Å². The second kappa shape index (κ2) is 3.36. The smallest absolute Gasteiger partial charge is 0.254 e. The van der Waals surface area contributed by atoms with Crippen LogP contribution >= 0.6 is 0 Å². The van der Waals surface area contributed by atoms with Crippen molar-refractivity contribution in [3.8, 4) is 0 Å². The van der Waals surface area contributed by atoms with Crippen molar-refractivity contribution in [1.29, 1.82) is 0 Å². The van der Waals surface area contributed by atoms with Gasteiger partial charge >= 0.3 is 0 Å². The van der Waals surface area contributed by atoms with Crippen molar-refractivity contribution in [3.63, 3.8) is 0 Å². The van der Waals surface area contributed by atoms with Crippen molar-refractivity contribution in [2.75, 3.05) is 0 Å². The van der Waals surface area contributed by atoms with E-state index in [0.717, 1.165) is 12.6 Å². The molecular formula is C10H11FN2O. The van der Waals surface area contributed by atoms with Gasteiger partial charge in [0, 0.05) is 12.2 Å². The fraction of sp³-hybridized carbons (Fsp3) is 0.400. The van der Waals surface area contributed by atoms with Gasteiger partial charge in [-0.1, -0.05) is 6.92 Å². The molecule has 0 saturated heterocycles. The Morgan fingerprint density at radius 3 is 3.00 bits per heavy atom. The lowest BCUT2D eigenvalue weighted by Gasteiger charge is -2.03. The van der Waals surface area contributed by atoms with Crippen LogP contribution in [0.3, 0.4) is 0 Å². The third kappa shape index (κ3) is 1.73. The lowest BCUT2D eigenvalue weighted by molar-refractivity contribution is 0.0945. The zero-order chi connectivity index (χ0) is 10.1. The Balaban J connectivity index is 2.07. The standard InChI is InChI=1S/C10H11FN2O/c1-6-4-9(6)13-10(14)7-2-3-12-5-8(7)11/h2-3,5-6,9H,4H2,1H3,(H,13,14). The number of hydrogen-bond donors (Lipinski definition) is 1. The fourth-order valence-electron chi connectivity index (χ4n) is 1.33. The van der Waals surface area contributed by atoms with Gasteiger partial charge in [0.1, 0.15) is 0 Å². The quantitative estimate of drug-likeness (QED) is 0.772. The van der Waals surface area contributed by atoms with E-state index in [1.54, 1.807) is 0 Å². The maximum absolute atomic E-state index is 13.1. The van der Waals surface area contributed by atoms with Crippen LogP contribution in [-0.4, -0.2) is 16.9 Å². The van der Waals surface area contributed by atoms with Gasteiger partial charge in [-0.2, -0.15) is 0 Å². The van der Waals surface area contributed by atoms with Gasteiger partial charge in [0.25, 0.3) is 5.91 Å². The molecule has 1 aliphatic rings. The van der Waals surface area contributed by atoms with Crippen molar-refractivity contribution in [1.82, 2.24) is 10.3 Å². The molecule has 74 valence electrons. The predicted octanol–water partition coefficient (Wildman–Crippen LogP) is 1.36. The summed E-state index contributed by atoms with van der Waals surface area (Å²) in [6, 6.07) is 1.60. The first-order valence-corrected chi connectivity index (χ1v) is 4.59. The summed E-state index contributed by atoms with van der Waals surface area (Å²) in [5, 5.41) is 2.75. The van der Waals surface area contributed by atoms with Crippen LogP contribution in [0.25, 0.3) is 0 Å². The summed E-state index contributed by atoms with van der Waals surface area (Å²) in [4.78, 5) is 15.1. The molecule has 14 heavy (non-hydrogen) atoms. The van der Waals surface area contributed by atoms with E-state index in [4.69, 9.17) is 0 Å². The molecule has 4 heteroatoms. The highest BCUT2D eigenvalue weighted by atomic mass is 19.1. The summed E-state index contributed by atoms with van der Waals surface area (Å²) in [5.41, 5.74) is 0.0686. The third-order valence-corrected chi connectivity index (χ3v) is 2.44. The summed E-state index contributed by atoms with van der Waals surface area (Å²) >= 11 is 0. The number of pyridine rings is 1. The molecule has 0 spiro atoms. The van der Waals surface area contributed by atoms with E-state index in [-0.39, 0.29) is 17.5 Å². The summed E-state index contributed by atoms with van der Waals surface area (Å²) in [7, 11) is 0. The molecule has 1 aliphatic carbocycles. The number of amides is 1. The molecule has 0 bridgehead atoms. The van der Waals surface area contributed by atoms with E-state index >= 15 is 0 Å². The fourth-order valence-corrected chi connectivity index (χ4v) is 1.33. The highest BCUT2D eigenvalue weighted by molar-refractivity contribution is 5.94. The number of halogens is 1. The summed E-state index contributed by atoms with van der Waals surface area (Å²) in [6.45, 7) is 2.05. The molecule has 0 aromatic carbocycles. The number of nitrogens with zero attached hydrogens (tertiary/aromatic N) is 1. The van der Waals surface area contributed by atoms with E-state index in [1.807, 2.05) is 6.92 Å². The van der Waals surface area contributed by atoms with Crippen molar-refractivity contribution >= 4 is 5.91 Å². The lowest BCUT2D eigenvalue weighted by atomic mass is 10.2. The van der Waals surface area contributed by atoms with Gasteiger partial charge < -0.3 is 5.32 Å². The number of rotatable bonds is 2. The number of carbonyl (C=O) groups excluding carboxylic acids is 1. The molecule has 3 nitrogen and oxygen atoms in total. The van der Waals surface area contributed by atoms with E-state index in [2.05, 4.69) is 10.3 Å². The topological polar surface area (TPSA) is 42.0 Å². The Labute approximate surface area is 81.3 Å². The van der Waals surface area contributed by atoms with E-state index < -0.39 is 5.82 Å². The van der Waals surface area contributed by atoms with Crippen molar-refractivity contribution in [3.05, 3.63) is 29.8 Å². The van der Waals surface area contributed by atoms with Gasteiger partial charge in [0.2, 0.25) is 0 Å². The molecule has 1 saturated carbocycles. The van der Waals surface area contributed by atoms with Gasteiger partial charge in [-0.05, 0) is 18.4 Å². The van der Waals surface area contributed by atoms with Gasteiger partial charge in [0.15, 0.2) is 5.82 Å². The maximum Gasteiger partial charge on any atom is 0.254 e. The summed E-state index contributed by atoms with van der Waals surface area (Å²) < 4.78 is 13.1. The largest absolute Gasteiger partial charge is 0.349 e. The minimum Gasteiger partial charge on any atom is -0.349 e. The second-order valence-electron chi connectivity index (χ2n) is 3.65. The minimum absolute atomic E-state index is 0.0686. The van der Waals surface area contributed by atoms with E-state index in [0.29, 0.717) is 5.92 Å². The second-order valence-corrected chi connectivity index (χ2v) is 3.65. The molecule has 1 amide bonds. The molecule has 1 aromatic rings. The van der Waals surface area contributed by atoms with Gasteiger partial charge in [-0.15, -0.1) is 0 Å². The van der Waals surface area contributed by atoms with Crippen LogP contribution < -0.4 is 5.32 Å². The number of aromatic nitrogens is 1. The molecule has 2 unspecified atom stereocenters. The van der Waals surface area contributed by atoms with Crippen LogP contribution in [0.1, 0.15) is 23.7 Å². The Bertz CT molecular complexity index is 367. The summed E-state index contributed by atoms with van der Waals surface area (Å²) in [5.74, 6) is -0.401. The van der Waals surface area contributed by atoms with Crippen LogP contribution in [0.4, 0.5) is 4.39 Å². The molecular weight excluding hydrogens is 183 g/mol. The zero-order valence-corrected chi connectivity index (χ0v) is 7.83. The molecule has 1 fully saturated rings. The molecule has 0 aliphatic heterocycles. The average molecular weight is 194 g/mol. The minimum atomic E-state index is -0.571. The first kappa shape index (κ1) is 9.12. The Morgan fingerprint density at radius 1 is 1.71 bits per heavy atom. The average Bonchev–Trinajstić information content (AvgIpc) is 2.82. The first-order chi connectivity index (χ1) is 6.68. The van der Waals surface area contributed by atoms with E-state index in [1.165, 1.54) is 12.3 Å². The van der Waals surface area contributed by atoms with Crippen molar-refractivity contribution < 1.29 is 9.18 Å². The van der Waals surface area contributed by atoms with E-state index in [9.17, 15) is 9.18 Å². The predicted molar refractivity (Wildman–Crippen MR) is 49.2 cm³/mol. The van der Waals surface area contributed by atoms with Gasteiger partial charge in [-0.25, -0.2) is 4.39 Å². The van der Waals surface area contributed by atoms with Gasteiger partial charge in [0.05, 0.1) is 11.8 Å². The van der Waals surface area contributed by atoms with Crippen molar-refractivity contribution in [2.45, 2.75) is 19.4 Å². The third-order valence-electron chi connectivity index (χ3n) is 2.44. The number of carbonyl (C=O) groups is 1. The highest BCUT2D eigenvalue weighted by Crippen LogP contribution is 2.29. The first-order valence-electron chi connectivity index (χ1n) is 4.59. The Hall–Kier alpha value is -1.45. The highest BCUT2D eigenvalue weighted by Gasteiger charge is 2.34. The molecule has 0 radical (unpaired) electrons. The van der Waals surface area contributed by atoms with Crippen LogP contribution in [0, 0.1) is 11.7 Å². The maximum atomic E-state index is 13.1. The molecule has 1 N–H and O–H groups in total. The lowest BCUT2D eigenvalue weighted by Crippen LogP contribution is -2.27. The number of nitrogens with one attached hydrogen (secondary N) is 1. The zero-order valence-electron chi connectivity index (χ0n) is 7.83. The molecule has 2 atom stereocenters. The van der Waals surface area contributed by atoms with Crippen LogP contribution in [0.15, 0.2) is 18.5 Å². The molecule has 1 aromatic heterocycles.